The van der Waals surface area contributed by atoms with Crippen molar-refractivity contribution in [3.63, 3.8) is 0 Å². The first-order valence-corrected chi connectivity index (χ1v) is 8.08. The molecule has 0 aliphatic rings. The highest BCUT2D eigenvalue weighted by molar-refractivity contribution is 5.83. The molecule has 0 saturated heterocycles. The molecule has 3 aromatic heterocycles. The van der Waals surface area contributed by atoms with E-state index in [-0.39, 0.29) is 0 Å². The second-order valence-corrected chi connectivity index (χ2v) is 5.80. The molecule has 4 aromatic rings. The monoisotopic (exact) mass is 363 g/mol. The molecular formula is C19H14FN5O2. The summed E-state index contributed by atoms with van der Waals surface area (Å²) in [5.41, 5.74) is 8.96. The molecule has 0 atom stereocenters. The Labute approximate surface area is 153 Å². The van der Waals surface area contributed by atoms with E-state index in [0.717, 1.165) is 6.20 Å². The van der Waals surface area contributed by atoms with Crippen molar-refractivity contribution in [3.8, 4) is 22.8 Å². The number of aromatic nitrogens is 4. The average molecular weight is 363 g/mol. The van der Waals surface area contributed by atoms with E-state index in [1.54, 1.807) is 30.3 Å². The minimum Gasteiger partial charge on any atom is -0.398 e. The van der Waals surface area contributed by atoms with Crippen LogP contribution < -0.4 is 10.6 Å². The summed E-state index contributed by atoms with van der Waals surface area (Å²) in [6.07, 6.45) is 1.11. The first-order chi connectivity index (χ1) is 13.0. The highest BCUT2D eigenvalue weighted by atomic mass is 19.1. The molecule has 3 heterocycles. The second kappa shape index (κ2) is 6.49. The third kappa shape index (κ3) is 3.08. The van der Waals surface area contributed by atoms with Gasteiger partial charge in [0.1, 0.15) is 11.3 Å². The lowest BCUT2D eigenvalue weighted by Gasteiger charge is -2.09. The molecule has 2 N–H and O–H groups in total. The molecule has 0 aliphatic carbocycles. The molecule has 0 radical (unpaired) electrons. The van der Waals surface area contributed by atoms with Gasteiger partial charge in [-0.25, -0.2) is 19.2 Å². The number of nitrogen functional groups attached to an aromatic ring is 1. The molecule has 0 fully saturated rings. The van der Waals surface area contributed by atoms with Gasteiger partial charge in [0.2, 0.25) is 0 Å². The van der Waals surface area contributed by atoms with Crippen LogP contribution in [0.1, 0.15) is 6.92 Å². The van der Waals surface area contributed by atoms with Crippen LogP contribution in [0.2, 0.25) is 0 Å². The van der Waals surface area contributed by atoms with Crippen molar-refractivity contribution in [1.29, 1.82) is 0 Å². The topological polar surface area (TPSA) is 95.9 Å². The molecule has 0 unspecified atom stereocenters. The molecular weight excluding hydrogens is 349 g/mol. The van der Waals surface area contributed by atoms with Crippen LogP contribution in [-0.2, 0) is 4.79 Å². The number of hydrogen-bond donors (Lipinski definition) is 1. The molecule has 0 saturated carbocycles. The van der Waals surface area contributed by atoms with Gasteiger partial charge in [-0.05, 0) is 36.4 Å². The van der Waals surface area contributed by atoms with Crippen molar-refractivity contribution in [2.45, 2.75) is 6.92 Å². The summed E-state index contributed by atoms with van der Waals surface area (Å²) in [5.74, 6) is -0.612. The van der Waals surface area contributed by atoms with Crippen molar-refractivity contribution >= 4 is 22.8 Å². The van der Waals surface area contributed by atoms with Gasteiger partial charge >= 0.3 is 5.97 Å². The fraction of sp³-hybridized carbons (Fsp3) is 0.0526. The van der Waals surface area contributed by atoms with Crippen LogP contribution in [0.4, 0.5) is 10.1 Å². The Morgan fingerprint density at radius 1 is 1.07 bits per heavy atom. The smallest absolute Gasteiger partial charge is 0.330 e. The summed E-state index contributed by atoms with van der Waals surface area (Å²) in [5, 5.41) is 0. The quantitative estimate of drug-likeness (QED) is 0.562. The first kappa shape index (κ1) is 16.6. The van der Waals surface area contributed by atoms with Gasteiger partial charge in [0.15, 0.2) is 11.5 Å². The Bertz CT molecular complexity index is 1150. The van der Waals surface area contributed by atoms with Crippen LogP contribution in [-0.4, -0.2) is 25.7 Å². The van der Waals surface area contributed by atoms with Crippen LogP contribution in [0, 0.1) is 5.82 Å². The van der Waals surface area contributed by atoms with Gasteiger partial charge in [-0.1, -0.05) is 12.1 Å². The Balaban J connectivity index is 1.93. The number of hydrogen-bond acceptors (Lipinski definition) is 6. The standard InChI is InChI=1S/C19H14FN5O2/c1-11(26)27-25-18(13-4-2-3-5-14(13)21)24-17-9-8-16(23-19(17)25)15-7-6-12(20)10-22-15/h2-10H,21H2,1H3. The summed E-state index contributed by atoms with van der Waals surface area (Å²) >= 11 is 0. The van der Waals surface area contributed by atoms with Gasteiger partial charge in [0.25, 0.3) is 0 Å². The van der Waals surface area contributed by atoms with Crippen molar-refractivity contribution in [2.75, 3.05) is 5.73 Å². The zero-order chi connectivity index (χ0) is 19.0. The largest absolute Gasteiger partial charge is 0.398 e. The molecule has 7 nitrogen and oxygen atoms in total. The SMILES string of the molecule is CC(=O)On1c(-c2ccccc2N)nc2ccc(-c3ccc(F)cn3)nc21. The van der Waals surface area contributed by atoms with Gasteiger partial charge in [-0.3, -0.25) is 4.98 Å². The number of para-hydroxylation sites is 1. The van der Waals surface area contributed by atoms with Crippen molar-refractivity contribution in [1.82, 2.24) is 19.7 Å². The van der Waals surface area contributed by atoms with Crippen LogP contribution in [0.3, 0.4) is 0 Å². The fourth-order valence-electron chi connectivity index (χ4n) is 2.69. The van der Waals surface area contributed by atoms with Gasteiger partial charge in [0.05, 0.1) is 17.6 Å². The van der Waals surface area contributed by atoms with E-state index < -0.39 is 11.8 Å². The number of nitrogens with zero attached hydrogens (tertiary/aromatic N) is 4. The molecule has 8 heteroatoms. The molecule has 27 heavy (non-hydrogen) atoms. The molecule has 0 spiro atoms. The van der Waals surface area contributed by atoms with Crippen LogP contribution in [0.5, 0.6) is 0 Å². The first-order valence-electron chi connectivity index (χ1n) is 8.08. The summed E-state index contributed by atoms with van der Waals surface area (Å²) in [6, 6.07) is 13.4. The van der Waals surface area contributed by atoms with Crippen LogP contribution >= 0.6 is 0 Å². The predicted octanol–water partition coefficient (Wildman–Crippen LogP) is 2.86. The number of nitrogens with two attached hydrogens (primary N) is 1. The summed E-state index contributed by atoms with van der Waals surface area (Å²) in [7, 11) is 0. The number of imidazole rings is 1. The molecule has 0 amide bonds. The lowest BCUT2D eigenvalue weighted by molar-refractivity contribution is -0.140. The van der Waals surface area contributed by atoms with Crippen molar-refractivity contribution in [2.24, 2.45) is 0 Å². The Kier molecular flexibility index (Phi) is 4.00. The van der Waals surface area contributed by atoms with E-state index in [0.29, 0.717) is 39.6 Å². The normalized spacial score (nSPS) is 10.9. The van der Waals surface area contributed by atoms with Gasteiger partial charge < -0.3 is 10.6 Å². The van der Waals surface area contributed by atoms with Crippen molar-refractivity contribution < 1.29 is 14.0 Å². The maximum absolute atomic E-state index is 13.1. The number of benzene rings is 1. The summed E-state index contributed by atoms with van der Waals surface area (Å²) < 4.78 is 14.4. The number of carbonyl (C=O) groups excluding carboxylic acids is 1. The number of pyridine rings is 2. The predicted molar refractivity (Wildman–Crippen MR) is 97.8 cm³/mol. The van der Waals surface area contributed by atoms with E-state index in [9.17, 15) is 9.18 Å². The van der Waals surface area contributed by atoms with E-state index in [4.69, 9.17) is 10.6 Å². The zero-order valence-corrected chi connectivity index (χ0v) is 14.3. The molecule has 0 aliphatic heterocycles. The maximum atomic E-state index is 13.1. The van der Waals surface area contributed by atoms with Gasteiger partial charge in [0, 0.05) is 18.2 Å². The molecule has 134 valence electrons. The molecule has 4 rings (SSSR count). The van der Waals surface area contributed by atoms with Gasteiger partial charge in [-0.15, -0.1) is 4.73 Å². The van der Waals surface area contributed by atoms with E-state index in [1.807, 2.05) is 6.07 Å². The summed E-state index contributed by atoms with van der Waals surface area (Å²) in [4.78, 5) is 30.0. The van der Waals surface area contributed by atoms with Crippen LogP contribution in [0.15, 0.2) is 54.7 Å². The Hall–Kier alpha value is -3.81. The van der Waals surface area contributed by atoms with Crippen LogP contribution in [0.25, 0.3) is 33.9 Å². The maximum Gasteiger partial charge on any atom is 0.330 e. The fourth-order valence-corrected chi connectivity index (χ4v) is 2.69. The lowest BCUT2D eigenvalue weighted by Crippen LogP contribution is -2.18. The summed E-state index contributed by atoms with van der Waals surface area (Å²) in [6.45, 7) is 1.29. The highest BCUT2D eigenvalue weighted by Gasteiger charge is 2.19. The number of carbonyl (C=O) groups is 1. The molecule has 0 bridgehead atoms. The number of anilines is 1. The van der Waals surface area contributed by atoms with Gasteiger partial charge in [-0.2, -0.15) is 0 Å². The third-order valence-corrected chi connectivity index (χ3v) is 3.88. The number of halogens is 1. The Morgan fingerprint density at radius 2 is 1.85 bits per heavy atom. The minimum atomic E-state index is -0.530. The zero-order valence-electron chi connectivity index (χ0n) is 14.3. The molecule has 1 aromatic carbocycles. The second-order valence-electron chi connectivity index (χ2n) is 5.80. The van der Waals surface area contributed by atoms with E-state index in [2.05, 4.69) is 15.0 Å². The van der Waals surface area contributed by atoms with Crippen molar-refractivity contribution in [3.05, 3.63) is 60.5 Å². The average Bonchev–Trinajstić information content (AvgIpc) is 3.00. The highest BCUT2D eigenvalue weighted by Crippen LogP contribution is 2.28. The number of rotatable bonds is 3. The third-order valence-electron chi connectivity index (χ3n) is 3.88. The minimum absolute atomic E-state index is 0.326. The lowest BCUT2D eigenvalue weighted by atomic mass is 10.2. The van der Waals surface area contributed by atoms with E-state index >= 15 is 0 Å². The number of fused-ring (bicyclic) bond motifs is 1. The van der Waals surface area contributed by atoms with E-state index in [1.165, 1.54) is 23.8 Å². The Morgan fingerprint density at radius 3 is 2.56 bits per heavy atom.